The molecule has 1 aliphatic carbocycles. The smallest absolute Gasteiger partial charge is 0.306 e. The minimum atomic E-state index is -0.434. The quantitative estimate of drug-likeness (QED) is 0.473. The highest BCUT2D eigenvalue weighted by molar-refractivity contribution is 5.69. The molecule has 1 fully saturated rings. The molecule has 2 rings (SSSR count). The molecule has 1 aromatic carbocycles. The number of hydrogen-bond donors (Lipinski definition) is 1. The van der Waals surface area contributed by atoms with Crippen LogP contribution >= 0.6 is 0 Å². The van der Waals surface area contributed by atoms with Crippen molar-refractivity contribution in [1.29, 1.82) is 0 Å². The van der Waals surface area contributed by atoms with E-state index in [1.165, 1.54) is 31.4 Å². The summed E-state index contributed by atoms with van der Waals surface area (Å²) >= 11 is 0. The Morgan fingerprint density at radius 2 is 1.91 bits per heavy atom. The molecule has 126 valence electrons. The number of ether oxygens (including phenoxy) is 1. The van der Waals surface area contributed by atoms with Crippen molar-refractivity contribution in [3.05, 3.63) is 39.9 Å². The van der Waals surface area contributed by atoms with Crippen molar-refractivity contribution < 1.29 is 14.5 Å². The van der Waals surface area contributed by atoms with Crippen molar-refractivity contribution in [3.63, 3.8) is 0 Å². The number of carbonyl (C=O) groups is 1. The van der Waals surface area contributed by atoms with Gasteiger partial charge in [0.2, 0.25) is 0 Å². The van der Waals surface area contributed by atoms with Crippen LogP contribution in [0.15, 0.2) is 24.3 Å². The second-order valence-electron chi connectivity index (χ2n) is 6.28. The van der Waals surface area contributed by atoms with E-state index in [-0.39, 0.29) is 24.3 Å². The molecule has 1 aromatic rings. The number of nitrogens with zero attached hydrogens (tertiary/aromatic N) is 1. The second kappa shape index (κ2) is 8.62. The first-order valence-corrected chi connectivity index (χ1v) is 8.19. The molecule has 6 nitrogen and oxygen atoms in total. The summed E-state index contributed by atoms with van der Waals surface area (Å²) in [4.78, 5) is 22.0. The molecule has 0 aromatic heterocycles. The van der Waals surface area contributed by atoms with Crippen LogP contribution in [0.25, 0.3) is 0 Å². The number of esters is 1. The fourth-order valence-electron chi connectivity index (χ4n) is 3.00. The summed E-state index contributed by atoms with van der Waals surface area (Å²) in [5.74, 6) is 0.290. The number of nitrogens with two attached hydrogens (primary N) is 1. The van der Waals surface area contributed by atoms with Gasteiger partial charge in [0.05, 0.1) is 4.92 Å². The second-order valence-corrected chi connectivity index (χ2v) is 6.28. The standard InChI is InChI=1S/C17H24N2O4/c18-15(10-14-6-8-16(9-7-14)19(21)22)12-23-17(20)11-13-4-2-1-3-5-13/h6-9,13,15H,1-5,10-12,18H2/t15-/m1/s1. The molecule has 2 N–H and O–H groups in total. The molecule has 0 radical (unpaired) electrons. The highest BCUT2D eigenvalue weighted by Crippen LogP contribution is 2.26. The summed E-state index contributed by atoms with van der Waals surface area (Å²) in [6.07, 6.45) is 6.92. The molecular formula is C17H24N2O4. The molecule has 0 spiro atoms. The van der Waals surface area contributed by atoms with Crippen LogP contribution in [0.4, 0.5) is 5.69 Å². The minimum Gasteiger partial charge on any atom is -0.464 e. The lowest BCUT2D eigenvalue weighted by Gasteiger charge is -2.21. The van der Waals surface area contributed by atoms with Gasteiger partial charge in [0.1, 0.15) is 6.61 Å². The minimum absolute atomic E-state index is 0.0567. The van der Waals surface area contributed by atoms with E-state index in [0.717, 1.165) is 18.4 Å². The molecule has 0 bridgehead atoms. The average Bonchev–Trinajstić information content (AvgIpc) is 2.54. The van der Waals surface area contributed by atoms with Crippen molar-refractivity contribution in [2.24, 2.45) is 11.7 Å². The van der Waals surface area contributed by atoms with Crippen LogP contribution in [0.1, 0.15) is 44.1 Å². The molecule has 1 atom stereocenters. The lowest BCUT2D eigenvalue weighted by Crippen LogP contribution is -2.30. The van der Waals surface area contributed by atoms with Gasteiger partial charge in [-0.05, 0) is 30.7 Å². The maximum absolute atomic E-state index is 11.8. The van der Waals surface area contributed by atoms with Gasteiger partial charge in [-0.15, -0.1) is 0 Å². The first kappa shape index (κ1) is 17.4. The van der Waals surface area contributed by atoms with E-state index in [4.69, 9.17) is 10.5 Å². The highest BCUT2D eigenvalue weighted by Gasteiger charge is 2.18. The van der Waals surface area contributed by atoms with Crippen LogP contribution < -0.4 is 5.73 Å². The fraction of sp³-hybridized carbons (Fsp3) is 0.588. The molecule has 1 saturated carbocycles. The Hall–Kier alpha value is -1.95. The van der Waals surface area contributed by atoms with E-state index < -0.39 is 4.92 Å². The topological polar surface area (TPSA) is 95.5 Å². The Morgan fingerprint density at radius 3 is 2.52 bits per heavy atom. The summed E-state index contributed by atoms with van der Waals surface area (Å²) in [5.41, 5.74) is 6.93. The third-order valence-electron chi connectivity index (χ3n) is 4.28. The zero-order valence-corrected chi connectivity index (χ0v) is 13.3. The number of carbonyl (C=O) groups excluding carboxylic acids is 1. The number of nitro groups is 1. The van der Waals surface area contributed by atoms with Gasteiger partial charge in [0.15, 0.2) is 0 Å². The molecule has 0 amide bonds. The van der Waals surface area contributed by atoms with Crippen molar-refractivity contribution in [3.8, 4) is 0 Å². The summed E-state index contributed by atoms with van der Waals surface area (Å²) in [5, 5.41) is 10.6. The lowest BCUT2D eigenvalue weighted by atomic mass is 9.87. The largest absolute Gasteiger partial charge is 0.464 e. The maximum Gasteiger partial charge on any atom is 0.306 e. The molecule has 0 aliphatic heterocycles. The molecular weight excluding hydrogens is 296 g/mol. The SMILES string of the molecule is N[C@@H](COC(=O)CC1CCCCC1)Cc1ccc([N+](=O)[O-])cc1. The summed E-state index contributed by atoms with van der Waals surface area (Å²) < 4.78 is 5.27. The lowest BCUT2D eigenvalue weighted by molar-refractivity contribution is -0.384. The van der Waals surface area contributed by atoms with Gasteiger partial charge in [-0.3, -0.25) is 14.9 Å². The molecule has 23 heavy (non-hydrogen) atoms. The van der Waals surface area contributed by atoms with Gasteiger partial charge in [-0.2, -0.15) is 0 Å². The molecule has 6 heteroatoms. The van der Waals surface area contributed by atoms with E-state index in [1.54, 1.807) is 12.1 Å². The summed E-state index contributed by atoms with van der Waals surface area (Å²) in [6.45, 7) is 0.183. The van der Waals surface area contributed by atoms with Crippen LogP contribution in [-0.4, -0.2) is 23.5 Å². The highest BCUT2D eigenvalue weighted by atomic mass is 16.6. The first-order valence-electron chi connectivity index (χ1n) is 8.19. The summed E-state index contributed by atoms with van der Waals surface area (Å²) in [7, 11) is 0. The van der Waals surface area contributed by atoms with Crippen LogP contribution in [0.3, 0.4) is 0 Å². The van der Waals surface area contributed by atoms with Gasteiger partial charge < -0.3 is 10.5 Å². The van der Waals surface area contributed by atoms with Crippen LogP contribution in [0, 0.1) is 16.0 Å². The summed E-state index contributed by atoms with van der Waals surface area (Å²) in [6, 6.07) is 5.98. The van der Waals surface area contributed by atoms with E-state index in [2.05, 4.69) is 0 Å². The Bertz CT molecular complexity index is 524. The zero-order valence-electron chi connectivity index (χ0n) is 13.3. The van der Waals surface area contributed by atoms with E-state index in [1.807, 2.05) is 0 Å². The average molecular weight is 320 g/mol. The number of nitro benzene ring substituents is 1. The third-order valence-corrected chi connectivity index (χ3v) is 4.28. The third kappa shape index (κ3) is 5.98. The van der Waals surface area contributed by atoms with Gasteiger partial charge in [0.25, 0.3) is 5.69 Å². The van der Waals surface area contributed by atoms with Crippen molar-refractivity contribution in [2.75, 3.05) is 6.61 Å². The van der Waals surface area contributed by atoms with Crippen molar-refractivity contribution in [2.45, 2.75) is 51.0 Å². The number of hydrogen-bond acceptors (Lipinski definition) is 5. The van der Waals surface area contributed by atoms with Gasteiger partial charge in [0, 0.05) is 24.6 Å². The maximum atomic E-state index is 11.8. The number of rotatable bonds is 7. The monoisotopic (exact) mass is 320 g/mol. The van der Waals surface area contributed by atoms with Crippen molar-refractivity contribution >= 4 is 11.7 Å². The number of non-ortho nitro benzene ring substituents is 1. The Morgan fingerprint density at radius 1 is 1.26 bits per heavy atom. The zero-order chi connectivity index (χ0) is 16.7. The van der Waals surface area contributed by atoms with Gasteiger partial charge in [-0.1, -0.05) is 31.4 Å². The first-order chi connectivity index (χ1) is 11.0. The molecule has 0 unspecified atom stereocenters. The van der Waals surface area contributed by atoms with E-state index >= 15 is 0 Å². The van der Waals surface area contributed by atoms with E-state index in [0.29, 0.717) is 18.8 Å². The van der Waals surface area contributed by atoms with Gasteiger partial charge in [-0.25, -0.2) is 0 Å². The van der Waals surface area contributed by atoms with Gasteiger partial charge >= 0.3 is 5.97 Å². The van der Waals surface area contributed by atoms with E-state index in [9.17, 15) is 14.9 Å². The fourth-order valence-corrected chi connectivity index (χ4v) is 3.00. The normalized spacial score (nSPS) is 16.7. The van der Waals surface area contributed by atoms with Crippen LogP contribution in [-0.2, 0) is 16.0 Å². The predicted molar refractivity (Wildman–Crippen MR) is 86.9 cm³/mol. The molecule has 1 aliphatic rings. The molecule has 0 saturated heterocycles. The van der Waals surface area contributed by atoms with Crippen molar-refractivity contribution in [1.82, 2.24) is 0 Å². The number of benzene rings is 1. The predicted octanol–water partition coefficient (Wildman–Crippen LogP) is 2.98. The Labute approximate surface area is 136 Å². The molecule has 0 heterocycles. The van der Waals surface area contributed by atoms with Crippen LogP contribution in [0.2, 0.25) is 0 Å². The Kier molecular flexibility index (Phi) is 6.52. The van der Waals surface area contributed by atoms with Crippen LogP contribution in [0.5, 0.6) is 0 Å². The Balaban J connectivity index is 1.70.